The van der Waals surface area contributed by atoms with E-state index in [4.69, 9.17) is 5.73 Å². The van der Waals surface area contributed by atoms with Crippen molar-refractivity contribution in [3.8, 4) is 0 Å². The maximum Gasteiger partial charge on any atom is 0.267 e. The van der Waals surface area contributed by atoms with Crippen molar-refractivity contribution in [2.75, 3.05) is 12.3 Å². The number of rotatable bonds is 6. The Balaban J connectivity index is 2.11. The number of amides is 1. The van der Waals surface area contributed by atoms with Crippen LogP contribution in [0.25, 0.3) is 0 Å². The number of carbonyl (C=O) groups excluding carboxylic acids is 1. The van der Waals surface area contributed by atoms with Crippen molar-refractivity contribution >= 4 is 17.7 Å². The molecular formula is C13H20N4O2S. The second-order valence-electron chi connectivity index (χ2n) is 4.81. The first-order chi connectivity index (χ1) is 9.67. The van der Waals surface area contributed by atoms with Gasteiger partial charge in [-0.15, -0.1) is 0 Å². The minimum atomic E-state index is -0.374. The lowest BCUT2D eigenvalue weighted by atomic mass is 10.1. The highest BCUT2D eigenvalue weighted by Gasteiger charge is 2.21. The van der Waals surface area contributed by atoms with Gasteiger partial charge in [0, 0.05) is 31.1 Å². The van der Waals surface area contributed by atoms with Crippen LogP contribution < -0.4 is 16.6 Å². The first-order valence-electron chi connectivity index (χ1n) is 6.91. The average Bonchev–Trinajstić information content (AvgIpc) is 2.93. The number of hydrogen-bond donors (Lipinski definition) is 2. The summed E-state index contributed by atoms with van der Waals surface area (Å²) in [6.07, 6.45) is 4.25. The molecule has 7 heteroatoms. The van der Waals surface area contributed by atoms with E-state index in [0.717, 1.165) is 25.0 Å². The van der Waals surface area contributed by atoms with Crippen molar-refractivity contribution in [1.29, 1.82) is 0 Å². The van der Waals surface area contributed by atoms with Crippen molar-refractivity contribution < 1.29 is 4.79 Å². The Kier molecular flexibility index (Phi) is 5.19. The summed E-state index contributed by atoms with van der Waals surface area (Å²) < 4.78 is 1.56. The third-order valence-electron chi connectivity index (χ3n) is 3.33. The summed E-state index contributed by atoms with van der Waals surface area (Å²) in [5.41, 5.74) is 5.49. The molecular weight excluding hydrogens is 276 g/mol. The van der Waals surface area contributed by atoms with Crippen molar-refractivity contribution in [1.82, 2.24) is 14.9 Å². The Bertz CT molecular complexity index is 544. The van der Waals surface area contributed by atoms with Gasteiger partial charge in [-0.3, -0.25) is 14.2 Å². The van der Waals surface area contributed by atoms with Crippen molar-refractivity contribution in [3.05, 3.63) is 22.1 Å². The number of hydrogen-bond acceptors (Lipinski definition) is 5. The smallest absolute Gasteiger partial charge is 0.267 e. The third-order valence-corrected chi connectivity index (χ3v) is 4.30. The van der Waals surface area contributed by atoms with Crippen LogP contribution in [0, 0.1) is 0 Å². The van der Waals surface area contributed by atoms with Crippen LogP contribution in [0.2, 0.25) is 0 Å². The van der Waals surface area contributed by atoms with E-state index in [0.29, 0.717) is 18.2 Å². The lowest BCUT2D eigenvalue weighted by molar-refractivity contribution is 0.0933. The summed E-state index contributed by atoms with van der Waals surface area (Å²) in [4.78, 5) is 28.5. The summed E-state index contributed by atoms with van der Waals surface area (Å²) in [6, 6.07) is -0.0884. The van der Waals surface area contributed by atoms with Gasteiger partial charge in [0.2, 0.25) is 0 Å². The van der Waals surface area contributed by atoms with Gasteiger partial charge in [-0.1, -0.05) is 31.5 Å². The molecule has 1 aliphatic rings. The number of aromatic nitrogens is 2. The predicted molar refractivity (Wildman–Crippen MR) is 79.1 cm³/mol. The molecule has 1 amide bonds. The molecule has 6 nitrogen and oxygen atoms in total. The van der Waals surface area contributed by atoms with Crippen LogP contribution in [0.15, 0.2) is 16.1 Å². The predicted octanol–water partition coefficient (Wildman–Crippen LogP) is 0.596. The molecule has 3 N–H and O–H groups in total. The zero-order valence-electron chi connectivity index (χ0n) is 11.6. The minimum absolute atomic E-state index is 0.0884. The Morgan fingerprint density at radius 3 is 3.15 bits per heavy atom. The Morgan fingerprint density at radius 2 is 2.45 bits per heavy atom. The van der Waals surface area contributed by atoms with Crippen LogP contribution in [0.1, 0.15) is 36.5 Å². The molecule has 0 aliphatic carbocycles. The van der Waals surface area contributed by atoms with Gasteiger partial charge in [0.25, 0.3) is 11.5 Å². The Morgan fingerprint density at radius 1 is 1.65 bits per heavy atom. The molecule has 1 aromatic heterocycles. The van der Waals surface area contributed by atoms with Crippen LogP contribution in [0.3, 0.4) is 0 Å². The Labute approximate surface area is 122 Å². The first-order valence-corrected chi connectivity index (χ1v) is 7.89. The highest BCUT2D eigenvalue weighted by atomic mass is 32.2. The lowest BCUT2D eigenvalue weighted by Crippen LogP contribution is -2.42. The fraction of sp³-hybridized carbons (Fsp3) is 0.615. The van der Waals surface area contributed by atoms with Gasteiger partial charge < -0.3 is 11.1 Å². The molecule has 0 radical (unpaired) electrons. The van der Waals surface area contributed by atoms with Crippen LogP contribution in [-0.4, -0.2) is 33.8 Å². The van der Waals surface area contributed by atoms with Crippen molar-refractivity contribution in [2.24, 2.45) is 5.73 Å². The fourth-order valence-electron chi connectivity index (χ4n) is 2.14. The number of fused-ring (bicyclic) bond motifs is 1. The average molecular weight is 296 g/mol. The van der Waals surface area contributed by atoms with Crippen molar-refractivity contribution in [3.63, 3.8) is 0 Å². The van der Waals surface area contributed by atoms with E-state index in [-0.39, 0.29) is 23.1 Å². The number of nitrogens with one attached hydrogen (secondary N) is 1. The van der Waals surface area contributed by atoms with Crippen LogP contribution in [0.5, 0.6) is 0 Å². The van der Waals surface area contributed by atoms with Gasteiger partial charge in [0.15, 0.2) is 5.16 Å². The molecule has 1 atom stereocenters. The molecule has 0 aromatic carbocycles. The monoisotopic (exact) mass is 296 g/mol. The molecule has 2 heterocycles. The zero-order chi connectivity index (χ0) is 14.5. The Hall–Kier alpha value is -1.34. The highest BCUT2D eigenvalue weighted by molar-refractivity contribution is 7.99. The lowest BCUT2D eigenvalue weighted by Gasteiger charge is -2.16. The first kappa shape index (κ1) is 15.1. The number of thioether (sulfide) groups is 1. The maximum atomic E-state index is 12.2. The van der Waals surface area contributed by atoms with Gasteiger partial charge in [-0.05, 0) is 6.42 Å². The van der Waals surface area contributed by atoms with Crippen LogP contribution >= 0.6 is 11.8 Å². The van der Waals surface area contributed by atoms with Gasteiger partial charge in [-0.25, -0.2) is 4.98 Å². The molecule has 1 aliphatic heterocycles. The minimum Gasteiger partial charge on any atom is -0.348 e. The molecule has 0 saturated heterocycles. The van der Waals surface area contributed by atoms with Crippen LogP contribution in [0.4, 0.5) is 0 Å². The summed E-state index contributed by atoms with van der Waals surface area (Å²) in [6.45, 7) is 3.08. The molecule has 2 rings (SSSR count). The number of nitrogens with two attached hydrogens (primary N) is 1. The van der Waals surface area contributed by atoms with E-state index < -0.39 is 0 Å². The molecule has 0 spiro atoms. The van der Waals surface area contributed by atoms with E-state index in [2.05, 4.69) is 17.2 Å². The van der Waals surface area contributed by atoms with Crippen LogP contribution in [-0.2, 0) is 6.54 Å². The SMILES string of the molecule is CCCCC(CN)NC(=O)c1cnc2n(c1=O)CCS2. The number of nitrogens with zero attached hydrogens (tertiary/aromatic N) is 2. The fourth-order valence-corrected chi connectivity index (χ4v) is 3.05. The second kappa shape index (κ2) is 6.90. The summed E-state index contributed by atoms with van der Waals surface area (Å²) in [5.74, 6) is 0.455. The second-order valence-corrected chi connectivity index (χ2v) is 5.87. The van der Waals surface area contributed by atoms with E-state index in [1.165, 1.54) is 18.0 Å². The molecule has 0 bridgehead atoms. The zero-order valence-corrected chi connectivity index (χ0v) is 12.4. The number of carbonyl (C=O) groups is 1. The van der Waals surface area contributed by atoms with E-state index in [1.54, 1.807) is 4.57 Å². The van der Waals surface area contributed by atoms with Gasteiger partial charge in [-0.2, -0.15) is 0 Å². The molecule has 1 unspecified atom stereocenters. The van der Waals surface area contributed by atoms with Gasteiger partial charge in [0.05, 0.1) is 0 Å². The standard InChI is InChI=1S/C13H20N4O2S/c1-2-3-4-9(7-14)16-11(18)10-8-15-13-17(12(10)19)5-6-20-13/h8-9H,2-7,14H2,1H3,(H,16,18). The van der Waals surface area contributed by atoms with Gasteiger partial charge >= 0.3 is 0 Å². The third kappa shape index (κ3) is 3.21. The molecule has 0 saturated carbocycles. The topological polar surface area (TPSA) is 90.0 Å². The molecule has 110 valence electrons. The molecule has 20 heavy (non-hydrogen) atoms. The molecule has 0 fully saturated rings. The summed E-state index contributed by atoms with van der Waals surface area (Å²) in [7, 11) is 0. The van der Waals surface area contributed by atoms with E-state index >= 15 is 0 Å². The summed E-state index contributed by atoms with van der Waals surface area (Å²) >= 11 is 1.53. The maximum absolute atomic E-state index is 12.2. The quantitative estimate of drug-likeness (QED) is 0.750. The van der Waals surface area contributed by atoms with E-state index in [1.807, 2.05) is 0 Å². The van der Waals surface area contributed by atoms with E-state index in [9.17, 15) is 9.59 Å². The van der Waals surface area contributed by atoms with Crippen molar-refractivity contribution in [2.45, 2.75) is 43.9 Å². The molecule has 1 aromatic rings. The number of unbranched alkanes of at least 4 members (excludes halogenated alkanes) is 1. The van der Waals surface area contributed by atoms with Gasteiger partial charge in [0.1, 0.15) is 5.56 Å². The normalized spacial score (nSPS) is 14.9. The largest absolute Gasteiger partial charge is 0.348 e. The summed E-state index contributed by atoms with van der Waals surface area (Å²) in [5, 5.41) is 3.51. The highest BCUT2D eigenvalue weighted by Crippen LogP contribution is 2.20.